The molecule has 1 rings (SSSR count). The number of amides is 1. The van der Waals surface area contributed by atoms with E-state index < -0.39 is 0 Å². The summed E-state index contributed by atoms with van der Waals surface area (Å²) in [6, 6.07) is 0. The molecule has 112 valence electrons. The van der Waals surface area contributed by atoms with Gasteiger partial charge in [0.05, 0.1) is 0 Å². The van der Waals surface area contributed by atoms with E-state index >= 15 is 0 Å². The van der Waals surface area contributed by atoms with Gasteiger partial charge >= 0.3 is 0 Å². The smallest absolute Gasteiger partial charge is 0.221 e. The quantitative estimate of drug-likeness (QED) is 0.678. The highest BCUT2D eigenvalue weighted by Gasteiger charge is 2.13. The predicted molar refractivity (Wildman–Crippen MR) is 82.1 cm³/mol. The van der Waals surface area contributed by atoms with Crippen LogP contribution in [0.4, 0.5) is 11.6 Å². The van der Waals surface area contributed by atoms with E-state index in [0.29, 0.717) is 18.9 Å². The van der Waals surface area contributed by atoms with E-state index in [0.717, 1.165) is 30.2 Å². The van der Waals surface area contributed by atoms with Crippen LogP contribution in [0.5, 0.6) is 0 Å². The lowest BCUT2D eigenvalue weighted by Gasteiger charge is -2.16. The first kappa shape index (κ1) is 16.2. The molecule has 0 bridgehead atoms. The molecule has 1 heterocycles. The summed E-state index contributed by atoms with van der Waals surface area (Å²) in [4.78, 5) is 20.0. The van der Waals surface area contributed by atoms with Gasteiger partial charge in [-0.15, -0.1) is 0 Å². The van der Waals surface area contributed by atoms with Crippen molar-refractivity contribution in [2.24, 2.45) is 0 Å². The Bertz CT molecular complexity index is 434. The molecule has 1 amide bonds. The second-order valence-corrected chi connectivity index (χ2v) is 4.92. The van der Waals surface area contributed by atoms with Crippen LogP contribution in [0.3, 0.4) is 0 Å². The summed E-state index contributed by atoms with van der Waals surface area (Å²) < 4.78 is 0. The van der Waals surface area contributed by atoms with Crippen molar-refractivity contribution in [2.75, 3.05) is 30.8 Å². The van der Waals surface area contributed by atoms with Crippen molar-refractivity contribution in [3.05, 3.63) is 11.9 Å². The Morgan fingerprint density at radius 1 is 1.25 bits per heavy atom. The van der Waals surface area contributed by atoms with E-state index in [1.165, 1.54) is 6.33 Å². The molecule has 0 saturated carbocycles. The topological polar surface area (TPSA) is 78.9 Å². The van der Waals surface area contributed by atoms with Crippen LogP contribution in [-0.2, 0) is 4.79 Å². The van der Waals surface area contributed by atoms with Crippen molar-refractivity contribution < 1.29 is 4.79 Å². The average molecular weight is 279 g/mol. The van der Waals surface area contributed by atoms with Gasteiger partial charge in [-0.25, -0.2) is 9.97 Å². The van der Waals surface area contributed by atoms with Gasteiger partial charge in [-0.3, -0.25) is 4.79 Å². The molecule has 0 radical (unpaired) electrons. The maximum atomic E-state index is 11.5. The van der Waals surface area contributed by atoms with Crippen LogP contribution in [0, 0.1) is 0 Å². The minimum Gasteiger partial charge on any atom is -0.373 e. The number of nitrogens with one attached hydrogen (secondary N) is 3. The van der Waals surface area contributed by atoms with Crippen LogP contribution < -0.4 is 16.0 Å². The van der Waals surface area contributed by atoms with E-state index in [-0.39, 0.29) is 5.91 Å². The Balaban J connectivity index is 2.61. The minimum atomic E-state index is 0.0633. The third kappa shape index (κ3) is 4.68. The molecule has 0 aliphatic rings. The number of hydrogen-bond acceptors (Lipinski definition) is 5. The second-order valence-electron chi connectivity index (χ2n) is 4.92. The highest BCUT2D eigenvalue weighted by molar-refractivity contribution is 5.76. The molecule has 0 aliphatic heterocycles. The highest BCUT2D eigenvalue weighted by Crippen LogP contribution is 2.27. The number of anilines is 2. The summed E-state index contributed by atoms with van der Waals surface area (Å²) in [7, 11) is 1.84. The van der Waals surface area contributed by atoms with Crippen molar-refractivity contribution >= 4 is 17.5 Å². The van der Waals surface area contributed by atoms with Crippen molar-refractivity contribution in [3.8, 4) is 0 Å². The Labute approximate surface area is 120 Å². The summed E-state index contributed by atoms with van der Waals surface area (Å²) in [5.74, 6) is 1.99. The largest absolute Gasteiger partial charge is 0.373 e. The summed E-state index contributed by atoms with van der Waals surface area (Å²) in [5.41, 5.74) is 1.05. The third-order valence-electron chi connectivity index (χ3n) is 2.91. The molecule has 0 aliphatic carbocycles. The van der Waals surface area contributed by atoms with Crippen LogP contribution in [0.25, 0.3) is 0 Å². The average Bonchev–Trinajstić information content (AvgIpc) is 2.44. The Morgan fingerprint density at radius 3 is 2.55 bits per heavy atom. The Kier molecular flexibility index (Phi) is 6.76. The molecule has 6 heteroatoms. The molecule has 20 heavy (non-hydrogen) atoms. The van der Waals surface area contributed by atoms with Gasteiger partial charge in [0.25, 0.3) is 0 Å². The molecule has 0 unspecified atom stereocenters. The van der Waals surface area contributed by atoms with Crippen molar-refractivity contribution in [1.29, 1.82) is 0 Å². The molecular weight excluding hydrogens is 254 g/mol. The van der Waals surface area contributed by atoms with Gasteiger partial charge < -0.3 is 16.0 Å². The van der Waals surface area contributed by atoms with Crippen molar-refractivity contribution in [3.63, 3.8) is 0 Å². The van der Waals surface area contributed by atoms with Gasteiger partial charge in [0.1, 0.15) is 18.0 Å². The number of rotatable bonds is 8. The number of nitrogens with zero attached hydrogens (tertiary/aromatic N) is 2. The molecule has 0 spiro atoms. The maximum Gasteiger partial charge on any atom is 0.221 e. The zero-order chi connectivity index (χ0) is 15.0. The molecule has 1 aromatic rings. The fourth-order valence-electron chi connectivity index (χ4n) is 1.93. The number of carbonyl (C=O) groups is 1. The van der Waals surface area contributed by atoms with Crippen molar-refractivity contribution in [2.45, 2.75) is 39.5 Å². The second kappa shape index (κ2) is 8.35. The molecule has 6 nitrogen and oxygen atoms in total. The van der Waals surface area contributed by atoms with Gasteiger partial charge in [-0.05, 0) is 12.3 Å². The lowest BCUT2D eigenvalue weighted by atomic mass is 10.0. The molecular formula is C14H25N5O. The lowest BCUT2D eigenvalue weighted by Crippen LogP contribution is -2.26. The Morgan fingerprint density at radius 2 is 1.95 bits per heavy atom. The molecule has 0 saturated heterocycles. The molecule has 3 N–H and O–H groups in total. The first-order valence-electron chi connectivity index (χ1n) is 7.13. The number of hydrogen-bond donors (Lipinski definition) is 3. The van der Waals surface area contributed by atoms with Gasteiger partial charge in [-0.1, -0.05) is 20.8 Å². The van der Waals surface area contributed by atoms with E-state index in [2.05, 4.69) is 39.8 Å². The van der Waals surface area contributed by atoms with E-state index in [1.54, 1.807) is 0 Å². The first-order chi connectivity index (χ1) is 9.60. The zero-order valence-electron chi connectivity index (χ0n) is 12.8. The lowest BCUT2D eigenvalue weighted by molar-refractivity contribution is -0.120. The van der Waals surface area contributed by atoms with Crippen LogP contribution in [0.15, 0.2) is 6.33 Å². The predicted octanol–water partition coefficient (Wildman–Crippen LogP) is 1.97. The Hall–Kier alpha value is -1.85. The van der Waals surface area contributed by atoms with Gasteiger partial charge in [0.15, 0.2) is 0 Å². The van der Waals surface area contributed by atoms with Gasteiger partial charge in [0.2, 0.25) is 5.91 Å². The van der Waals surface area contributed by atoms with Crippen LogP contribution >= 0.6 is 0 Å². The SMILES string of the molecule is CCCNC(=O)CCNc1ncnc(NC)c1C(C)C. The van der Waals surface area contributed by atoms with Crippen LogP contribution in [-0.4, -0.2) is 36.0 Å². The molecule has 1 aromatic heterocycles. The standard InChI is InChI=1S/C14H25N5O/c1-5-7-16-11(20)6-8-17-14-12(10(2)3)13(15-4)18-9-19-14/h9-10H,5-8H2,1-4H3,(H,16,20)(H2,15,17,18,19). The first-order valence-corrected chi connectivity index (χ1v) is 7.13. The van der Waals surface area contributed by atoms with Gasteiger partial charge in [0, 0.05) is 32.1 Å². The monoisotopic (exact) mass is 279 g/mol. The van der Waals surface area contributed by atoms with Crippen molar-refractivity contribution in [1.82, 2.24) is 15.3 Å². The van der Waals surface area contributed by atoms with E-state index in [4.69, 9.17) is 0 Å². The van der Waals surface area contributed by atoms with Crippen LogP contribution in [0.2, 0.25) is 0 Å². The molecule has 0 atom stereocenters. The zero-order valence-corrected chi connectivity index (χ0v) is 12.8. The minimum absolute atomic E-state index is 0.0633. The highest BCUT2D eigenvalue weighted by atomic mass is 16.1. The fourth-order valence-corrected chi connectivity index (χ4v) is 1.93. The van der Waals surface area contributed by atoms with Crippen LogP contribution in [0.1, 0.15) is 45.1 Å². The third-order valence-corrected chi connectivity index (χ3v) is 2.91. The number of aromatic nitrogens is 2. The summed E-state index contributed by atoms with van der Waals surface area (Å²) >= 11 is 0. The fraction of sp³-hybridized carbons (Fsp3) is 0.643. The molecule has 0 fully saturated rings. The number of carbonyl (C=O) groups excluding carboxylic acids is 1. The molecule has 0 aromatic carbocycles. The normalized spacial score (nSPS) is 10.4. The maximum absolute atomic E-state index is 11.5. The van der Waals surface area contributed by atoms with E-state index in [9.17, 15) is 4.79 Å². The summed E-state index contributed by atoms with van der Waals surface area (Å²) in [6.45, 7) is 7.52. The van der Waals surface area contributed by atoms with Gasteiger partial charge in [-0.2, -0.15) is 0 Å². The van der Waals surface area contributed by atoms with E-state index in [1.807, 2.05) is 14.0 Å². The summed E-state index contributed by atoms with van der Waals surface area (Å²) in [5, 5.41) is 9.15. The summed E-state index contributed by atoms with van der Waals surface area (Å²) in [6.07, 6.45) is 2.92.